The highest BCUT2D eigenvalue weighted by atomic mass is 16.7. The van der Waals surface area contributed by atoms with Crippen molar-refractivity contribution in [3.05, 3.63) is 35.4 Å². The van der Waals surface area contributed by atoms with Crippen molar-refractivity contribution in [3.63, 3.8) is 0 Å². The maximum atomic E-state index is 12.4. The van der Waals surface area contributed by atoms with Crippen LogP contribution in [-0.4, -0.2) is 42.9 Å². The highest BCUT2D eigenvalue weighted by Crippen LogP contribution is 2.31. The molecule has 2 aliphatic rings. The number of nitrogens with zero attached hydrogens (tertiary/aromatic N) is 1. The van der Waals surface area contributed by atoms with E-state index in [1.807, 2.05) is 36.1 Å². The molecular formula is C15H19NO3. The molecule has 102 valence electrons. The van der Waals surface area contributed by atoms with Crippen LogP contribution in [0.1, 0.15) is 28.8 Å². The summed E-state index contributed by atoms with van der Waals surface area (Å²) < 4.78 is 11.3. The zero-order chi connectivity index (χ0) is 13.3. The molecular weight excluding hydrogens is 242 g/mol. The van der Waals surface area contributed by atoms with Crippen LogP contribution in [0.25, 0.3) is 0 Å². The first-order valence-electron chi connectivity index (χ1n) is 6.82. The monoisotopic (exact) mass is 261 g/mol. The number of benzene rings is 1. The third kappa shape index (κ3) is 2.51. The van der Waals surface area contributed by atoms with Crippen LogP contribution in [0.15, 0.2) is 24.3 Å². The zero-order valence-corrected chi connectivity index (χ0v) is 11.2. The van der Waals surface area contributed by atoms with Crippen molar-refractivity contribution in [1.29, 1.82) is 0 Å². The summed E-state index contributed by atoms with van der Waals surface area (Å²) >= 11 is 0. The van der Waals surface area contributed by atoms with Gasteiger partial charge in [0.15, 0.2) is 5.79 Å². The van der Waals surface area contributed by atoms with Crippen LogP contribution in [0, 0.1) is 6.92 Å². The smallest absolute Gasteiger partial charge is 0.253 e. The first-order valence-corrected chi connectivity index (χ1v) is 6.82. The van der Waals surface area contributed by atoms with Crippen LogP contribution < -0.4 is 0 Å². The Balaban J connectivity index is 1.64. The Morgan fingerprint density at radius 1 is 1.11 bits per heavy atom. The van der Waals surface area contributed by atoms with Gasteiger partial charge in [-0.2, -0.15) is 0 Å². The standard InChI is InChI=1S/C15H19NO3/c1-12-2-4-13(5-3-12)14(17)16-8-6-15(7-9-16)18-10-11-19-15/h2-5H,6-11H2,1H3. The zero-order valence-electron chi connectivity index (χ0n) is 11.2. The molecule has 4 nitrogen and oxygen atoms in total. The predicted octanol–water partition coefficient (Wildman–Crippen LogP) is 1.97. The van der Waals surface area contributed by atoms with Gasteiger partial charge >= 0.3 is 0 Å². The first-order chi connectivity index (χ1) is 9.19. The van der Waals surface area contributed by atoms with Crippen LogP contribution >= 0.6 is 0 Å². The Morgan fingerprint density at radius 3 is 2.26 bits per heavy atom. The number of hydrogen-bond acceptors (Lipinski definition) is 3. The molecule has 1 aromatic carbocycles. The number of piperidine rings is 1. The van der Waals surface area contributed by atoms with E-state index in [2.05, 4.69) is 0 Å². The van der Waals surface area contributed by atoms with Gasteiger partial charge in [0.05, 0.1) is 13.2 Å². The van der Waals surface area contributed by atoms with Gasteiger partial charge in [-0.3, -0.25) is 4.79 Å². The number of rotatable bonds is 1. The SMILES string of the molecule is Cc1ccc(C(=O)N2CCC3(CC2)OCCO3)cc1. The normalized spacial score (nSPS) is 21.8. The predicted molar refractivity (Wildman–Crippen MR) is 71.0 cm³/mol. The average Bonchev–Trinajstić information content (AvgIpc) is 2.88. The van der Waals surface area contributed by atoms with Crippen LogP contribution in [0.3, 0.4) is 0 Å². The molecule has 2 fully saturated rings. The van der Waals surface area contributed by atoms with E-state index >= 15 is 0 Å². The van der Waals surface area contributed by atoms with Crippen LogP contribution in [-0.2, 0) is 9.47 Å². The Kier molecular flexibility index (Phi) is 3.29. The van der Waals surface area contributed by atoms with Gasteiger partial charge in [-0.05, 0) is 19.1 Å². The third-order valence-corrected chi connectivity index (χ3v) is 3.92. The van der Waals surface area contributed by atoms with Crippen molar-refractivity contribution in [2.75, 3.05) is 26.3 Å². The number of ether oxygens (including phenoxy) is 2. The summed E-state index contributed by atoms with van der Waals surface area (Å²) in [4.78, 5) is 14.2. The molecule has 0 bridgehead atoms. The lowest BCUT2D eigenvalue weighted by Crippen LogP contribution is -2.47. The number of hydrogen-bond donors (Lipinski definition) is 0. The third-order valence-electron chi connectivity index (χ3n) is 3.92. The van der Waals surface area contributed by atoms with Crippen molar-refractivity contribution in [3.8, 4) is 0 Å². The minimum Gasteiger partial charge on any atom is -0.347 e. The van der Waals surface area contributed by atoms with Crippen LogP contribution in [0.4, 0.5) is 0 Å². The quantitative estimate of drug-likeness (QED) is 0.776. The van der Waals surface area contributed by atoms with E-state index in [9.17, 15) is 4.79 Å². The molecule has 1 amide bonds. The summed E-state index contributed by atoms with van der Waals surface area (Å²) in [6, 6.07) is 7.74. The molecule has 0 atom stereocenters. The number of amides is 1. The van der Waals surface area contributed by atoms with E-state index in [1.165, 1.54) is 5.56 Å². The van der Waals surface area contributed by atoms with Gasteiger partial charge in [0, 0.05) is 31.5 Å². The van der Waals surface area contributed by atoms with Gasteiger partial charge in [-0.1, -0.05) is 17.7 Å². The maximum Gasteiger partial charge on any atom is 0.253 e. The molecule has 2 aliphatic heterocycles. The second-order valence-corrected chi connectivity index (χ2v) is 5.27. The molecule has 0 aromatic heterocycles. The fraction of sp³-hybridized carbons (Fsp3) is 0.533. The second kappa shape index (κ2) is 4.94. The summed E-state index contributed by atoms with van der Waals surface area (Å²) in [7, 11) is 0. The molecule has 4 heteroatoms. The van der Waals surface area contributed by atoms with Gasteiger partial charge in [0.25, 0.3) is 5.91 Å². The molecule has 1 aromatic rings. The van der Waals surface area contributed by atoms with Gasteiger partial charge in [-0.25, -0.2) is 0 Å². The molecule has 0 saturated carbocycles. The summed E-state index contributed by atoms with van der Waals surface area (Å²) in [6.07, 6.45) is 1.54. The summed E-state index contributed by atoms with van der Waals surface area (Å²) in [5.41, 5.74) is 1.93. The maximum absolute atomic E-state index is 12.4. The molecule has 0 radical (unpaired) electrons. The van der Waals surface area contributed by atoms with Crippen LogP contribution in [0.2, 0.25) is 0 Å². The van der Waals surface area contributed by atoms with Gasteiger partial charge in [-0.15, -0.1) is 0 Å². The molecule has 1 spiro atoms. The summed E-state index contributed by atoms with van der Waals surface area (Å²) in [5, 5.41) is 0. The van der Waals surface area contributed by atoms with E-state index in [0.717, 1.165) is 18.4 Å². The Morgan fingerprint density at radius 2 is 1.68 bits per heavy atom. The molecule has 0 N–H and O–H groups in total. The first kappa shape index (κ1) is 12.6. The van der Waals surface area contributed by atoms with Crippen molar-refractivity contribution >= 4 is 5.91 Å². The molecule has 2 heterocycles. The Labute approximate surface area is 113 Å². The lowest BCUT2D eigenvalue weighted by atomic mass is 10.0. The van der Waals surface area contributed by atoms with E-state index in [4.69, 9.17) is 9.47 Å². The molecule has 0 aliphatic carbocycles. The van der Waals surface area contributed by atoms with Crippen molar-refractivity contribution in [1.82, 2.24) is 4.90 Å². The highest BCUT2D eigenvalue weighted by Gasteiger charge is 2.40. The largest absolute Gasteiger partial charge is 0.347 e. The summed E-state index contributed by atoms with van der Waals surface area (Å²) in [6.45, 7) is 4.77. The minimum atomic E-state index is -0.413. The topological polar surface area (TPSA) is 38.8 Å². The molecule has 0 unspecified atom stereocenters. The van der Waals surface area contributed by atoms with Crippen molar-refractivity contribution in [2.24, 2.45) is 0 Å². The fourth-order valence-corrected chi connectivity index (χ4v) is 2.71. The van der Waals surface area contributed by atoms with E-state index in [-0.39, 0.29) is 5.91 Å². The van der Waals surface area contributed by atoms with Crippen molar-refractivity contribution < 1.29 is 14.3 Å². The lowest BCUT2D eigenvalue weighted by molar-refractivity contribution is -0.181. The average molecular weight is 261 g/mol. The van der Waals surface area contributed by atoms with Gasteiger partial charge in [0.2, 0.25) is 0 Å². The number of likely N-dealkylation sites (tertiary alicyclic amines) is 1. The van der Waals surface area contributed by atoms with Gasteiger partial charge in [0.1, 0.15) is 0 Å². The fourth-order valence-electron chi connectivity index (χ4n) is 2.71. The highest BCUT2D eigenvalue weighted by molar-refractivity contribution is 5.94. The molecule has 3 rings (SSSR count). The summed E-state index contributed by atoms with van der Waals surface area (Å²) in [5.74, 6) is -0.308. The van der Waals surface area contributed by atoms with E-state index in [0.29, 0.717) is 26.3 Å². The second-order valence-electron chi connectivity index (χ2n) is 5.27. The van der Waals surface area contributed by atoms with Crippen LogP contribution in [0.5, 0.6) is 0 Å². The van der Waals surface area contributed by atoms with Gasteiger partial charge < -0.3 is 14.4 Å². The van der Waals surface area contributed by atoms with Crippen molar-refractivity contribution in [2.45, 2.75) is 25.6 Å². The van der Waals surface area contributed by atoms with E-state index < -0.39 is 5.79 Å². The van der Waals surface area contributed by atoms with E-state index in [1.54, 1.807) is 0 Å². The number of carbonyl (C=O) groups excluding carboxylic acids is 1. The lowest BCUT2D eigenvalue weighted by Gasteiger charge is -2.37. The molecule has 2 saturated heterocycles. The number of carbonyl (C=O) groups is 1. The Hall–Kier alpha value is -1.39. The Bertz CT molecular complexity index is 453. The molecule has 19 heavy (non-hydrogen) atoms. The minimum absolute atomic E-state index is 0.104. The number of aryl methyl sites for hydroxylation is 1.